The Hall–Kier alpha value is 0.580. The molecule has 0 spiro atoms. The van der Waals surface area contributed by atoms with Gasteiger partial charge in [0.1, 0.15) is 0 Å². The second kappa shape index (κ2) is 6.84. The van der Waals surface area contributed by atoms with E-state index >= 15 is 0 Å². The van der Waals surface area contributed by atoms with Crippen LogP contribution in [0.5, 0.6) is 0 Å². The maximum absolute atomic E-state index is 6.01. The van der Waals surface area contributed by atoms with Crippen LogP contribution in [-0.4, -0.2) is 24.5 Å². The average Bonchev–Trinajstić information content (AvgIpc) is 2.62. The minimum Gasteiger partial charge on any atom is -0.329 e. The van der Waals surface area contributed by atoms with Crippen molar-refractivity contribution in [2.45, 2.75) is 32.2 Å². The Morgan fingerprint density at radius 3 is 2.61 bits per heavy atom. The summed E-state index contributed by atoms with van der Waals surface area (Å²) in [6.07, 6.45) is 4.20. The summed E-state index contributed by atoms with van der Waals surface area (Å²) in [4.78, 5) is 3.89. The van der Waals surface area contributed by atoms with Crippen molar-refractivity contribution in [3.8, 4) is 0 Å². The zero-order chi connectivity index (χ0) is 13.1. The highest BCUT2D eigenvalue weighted by molar-refractivity contribution is 9.13. The first-order valence-electron chi connectivity index (χ1n) is 6.54. The fraction of sp³-hybridized carbons (Fsp3) is 0.692. The summed E-state index contributed by atoms with van der Waals surface area (Å²) in [6.45, 7) is 5.20. The number of nitrogens with two attached hydrogens (primary N) is 1. The summed E-state index contributed by atoms with van der Waals surface area (Å²) in [5, 5.41) is 0. The van der Waals surface area contributed by atoms with E-state index in [0.717, 1.165) is 20.7 Å². The summed E-state index contributed by atoms with van der Waals surface area (Å²) in [7, 11) is 0. The van der Waals surface area contributed by atoms with Crippen molar-refractivity contribution >= 4 is 43.2 Å². The zero-order valence-corrected chi connectivity index (χ0v) is 14.7. The predicted octanol–water partition coefficient (Wildman–Crippen LogP) is 4.39. The normalized spacial score (nSPS) is 18.1. The fourth-order valence-electron chi connectivity index (χ4n) is 2.46. The van der Waals surface area contributed by atoms with E-state index in [2.05, 4.69) is 49.7 Å². The standard InChI is InChI=1S/C13H20Br2N2S/c1-2-17(8-9-4-3-5-9)11(7-16)12-6-10(14)13(15)18-12/h6,9,11H,2-5,7-8,16H2,1H3. The predicted molar refractivity (Wildman–Crippen MR) is 86.1 cm³/mol. The van der Waals surface area contributed by atoms with Crippen LogP contribution in [0.4, 0.5) is 0 Å². The molecule has 0 aliphatic heterocycles. The van der Waals surface area contributed by atoms with Crippen LogP contribution in [0, 0.1) is 5.92 Å². The van der Waals surface area contributed by atoms with Crippen LogP contribution in [0.25, 0.3) is 0 Å². The van der Waals surface area contributed by atoms with Crippen LogP contribution in [0.2, 0.25) is 0 Å². The van der Waals surface area contributed by atoms with Crippen LogP contribution in [0.15, 0.2) is 14.3 Å². The van der Waals surface area contributed by atoms with E-state index in [1.165, 1.54) is 30.7 Å². The molecule has 0 amide bonds. The number of hydrogen-bond donors (Lipinski definition) is 1. The lowest BCUT2D eigenvalue weighted by molar-refractivity contribution is 0.143. The number of rotatable bonds is 6. The molecule has 1 heterocycles. The summed E-state index contributed by atoms with van der Waals surface area (Å²) < 4.78 is 2.30. The van der Waals surface area contributed by atoms with Gasteiger partial charge in [-0.2, -0.15) is 0 Å². The van der Waals surface area contributed by atoms with Gasteiger partial charge in [0.05, 0.1) is 9.83 Å². The molecule has 18 heavy (non-hydrogen) atoms. The third-order valence-corrected chi connectivity index (χ3v) is 7.14. The largest absolute Gasteiger partial charge is 0.329 e. The lowest BCUT2D eigenvalue weighted by Gasteiger charge is -2.36. The fourth-order valence-corrected chi connectivity index (χ4v) is 4.69. The molecule has 1 aromatic rings. The highest BCUT2D eigenvalue weighted by Gasteiger charge is 2.26. The van der Waals surface area contributed by atoms with Crippen molar-refractivity contribution in [1.82, 2.24) is 4.90 Å². The Morgan fingerprint density at radius 1 is 1.50 bits per heavy atom. The first kappa shape index (κ1) is 15.0. The van der Waals surface area contributed by atoms with E-state index in [9.17, 15) is 0 Å². The Bertz CT molecular complexity index is 371. The van der Waals surface area contributed by atoms with Gasteiger partial charge >= 0.3 is 0 Å². The van der Waals surface area contributed by atoms with Crippen LogP contribution in [0.1, 0.15) is 37.1 Å². The first-order valence-corrected chi connectivity index (χ1v) is 8.94. The molecule has 102 valence electrons. The van der Waals surface area contributed by atoms with Crippen LogP contribution < -0.4 is 5.73 Å². The minimum atomic E-state index is 0.364. The van der Waals surface area contributed by atoms with E-state index in [4.69, 9.17) is 5.73 Å². The van der Waals surface area contributed by atoms with Gasteiger partial charge in [-0.1, -0.05) is 13.3 Å². The molecule has 2 nitrogen and oxygen atoms in total. The van der Waals surface area contributed by atoms with Gasteiger partial charge in [-0.15, -0.1) is 11.3 Å². The Morgan fingerprint density at radius 2 is 2.22 bits per heavy atom. The summed E-state index contributed by atoms with van der Waals surface area (Å²) in [6, 6.07) is 2.57. The third-order valence-electron chi connectivity index (χ3n) is 3.78. The second-order valence-corrected chi connectivity index (χ2v) is 8.16. The van der Waals surface area contributed by atoms with E-state index in [-0.39, 0.29) is 0 Å². The summed E-state index contributed by atoms with van der Waals surface area (Å²) >= 11 is 8.93. The number of likely N-dealkylation sites (N-methyl/N-ethyl adjacent to an activating group) is 1. The number of halogens is 2. The van der Waals surface area contributed by atoms with E-state index in [1.54, 1.807) is 11.3 Å². The maximum atomic E-state index is 6.01. The molecule has 1 aliphatic rings. The lowest BCUT2D eigenvalue weighted by Crippen LogP contribution is -2.38. The molecule has 1 fully saturated rings. The molecule has 0 radical (unpaired) electrons. The van der Waals surface area contributed by atoms with Gasteiger partial charge in [-0.05, 0) is 63.2 Å². The van der Waals surface area contributed by atoms with E-state index < -0.39 is 0 Å². The SMILES string of the molecule is CCN(CC1CCC1)C(CN)c1cc(Br)c(Br)s1. The quantitative estimate of drug-likeness (QED) is 0.773. The molecule has 1 unspecified atom stereocenters. The first-order chi connectivity index (χ1) is 8.65. The van der Waals surface area contributed by atoms with Crippen LogP contribution in [-0.2, 0) is 0 Å². The molecule has 1 aromatic heterocycles. The smallest absolute Gasteiger partial charge is 0.0843 e. The van der Waals surface area contributed by atoms with E-state index in [0.29, 0.717) is 12.6 Å². The van der Waals surface area contributed by atoms with Gasteiger partial charge in [0.2, 0.25) is 0 Å². The number of hydrogen-bond acceptors (Lipinski definition) is 3. The van der Waals surface area contributed by atoms with Crippen molar-refractivity contribution in [2.24, 2.45) is 11.7 Å². The van der Waals surface area contributed by atoms with Crippen molar-refractivity contribution in [1.29, 1.82) is 0 Å². The van der Waals surface area contributed by atoms with Crippen molar-refractivity contribution in [3.05, 3.63) is 19.2 Å². The van der Waals surface area contributed by atoms with Gasteiger partial charge in [-0.25, -0.2) is 0 Å². The zero-order valence-electron chi connectivity index (χ0n) is 10.7. The molecule has 2 rings (SSSR count). The Balaban J connectivity index is 2.08. The molecule has 1 saturated carbocycles. The van der Waals surface area contributed by atoms with Crippen molar-refractivity contribution < 1.29 is 0 Å². The molecule has 0 aromatic carbocycles. The van der Waals surface area contributed by atoms with Crippen molar-refractivity contribution in [2.75, 3.05) is 19.6 Å². The van der Waals surface area contributed by atoms with Crippen LogP contribution in [0.3, 0.4) is 0 Å². The molecule has 1 aliphatic carbocycles. The van der Waals surface area contributed by atoms with Gasteiger partial charge in [0, 0.05) is 22.4 Å². The monoisotopic (exact) mass is 394 g/mol. The topological polar surface area (TPSA) is 29.3 Å². The molecule has 0 saturated heterocycles. The second-order valence-electron chi connectivity index (χ2n) is 4.91. The highest BCUT2D eigenvalue weighted by atomic mass is 79.9. The summed E-state index contributed by atoms with van der Waals surface area (Å²) in [5.41, 5.74) is 6.01. The molecule has 1 atom stereocenters. The summed E-state index contributed by atoms with van der Waals surface area (Å²) in [5.74, 6) is 0.894. The van der Waals surface area contributed by atoms with Crippen molar-refractivity contribution in [3.63, 3.8) is 0 Å². The molecule has 2 N–H and O–H groups in total. The third kappa shape index (κ3) is 3.37. The molecular weight excluding hydrogens is 376 g/mol. The maximum Gasteiger partial charge on any atom is 0.0843 e. The lowest BCUT2D eigenvalue weighted by atomic mass is 9.85. The van der Waals surface area contributed by atoms with E-state index in [1.807, 2.05) is 0 Å². The highest BCUT2D eigenvalue weighted by Crippen LogP contribution is 2.38. The number of thiophene rings is 1. The molecular formula is C13H20Br2N2S. The van der Waals surface area contributed by atoms with Gasteiger partial charge < -0.3 is 5.73 Å². The molecule has 5 heteroatoms. The van der Waals surface area contributed by atoms with Crippen LogP contribution >= 0.6 is 43.2 Å². The Kier molecular flexibility index (Phi) is 5.69. The Labute approximate surface area is 130 Å². The minimum absolute atomic E-state index is 0.364. The van der Waals surface area contributed by atoms with Gasteiger partial charge in [0.15, 0.2) is 0 Å². The average molecular weight is 396 g/mol. The molecule has 0 bridgehead atoms. The number of nitrogens with zero attached hydrogens (tertiary/aromatic N) is 1. The van der Waals surface area contributed by atoms with Gasteiger partial charge in [0.25, 0.3) is 0 Å². The van der Waals surface area contributed by atoms with Gasteiger partial charge in [-0.3, -0.25) is 4.90 Å².